The molecule has 0 saturated heterocycles. The van der Waals surface area contributed by atoms with E-state index >= 15 is 0 Å². The van der Waals surface area contributed by atoms with Crippen LogP contribution in [0.25, 0.3) is 11.0 Å². The number of aromatic nitrogens is 4. The van der Waals surface area contributed by atoms with E-state index in [-0.39, 0.29) is 18.0 Å². The molecule has 0 aliphatic rings. The van der Waals surface area contributed by atoms with Gasteiger partial charge in [-0.2, -0.15) is 5.10 Å². The van der Waals surface area contributed by atoms with E-state index in [1.54, 1.807) is 7.05 Å². The number of anilines is 1. The first-order chi connectivity index (χ1) is 7.49. The number of hydrogen-bond donors (Lipinski definition) is 2. The van der Waals surface area contributed by atoms with Gasteiger partial charge in [0.2, 0.25) is 0 Å². The molecule has 0 saturated carbocycles. The van der Waals surface area contributed by atoms with E-state index < -0.39 is 0 Å². The number of nitrogens with one attached hydrogen (secondary N) is 1. The fourth-order valence-electron chi connectivity index (χ4n) is 1.65. The lowest BCUT2D eigenvalue weighted by molar-refractivity contribution is 0.620. The summed E-state index contributed by atoms with van der Waals surface area (Å²) < 4.78 is 1.46. The summed E-state index contributed by atoms with van der Waals surface area (Å²) in [5.41, 5.74) is 5.93. The normalized spacial score (nSPS) is 10.8. The number of H-pyrrole nitrogens is 1. The lowest BCUT2D eigenvalue weighted by atomic mass is 10.1. The predicted molar refractivity (Wildman–Crippen MR) is 69.3 cm³/mol. The van der Waals surface area contributed by atoms with Gasteiger partial charge in [0.25, 0.3) is 5.56 Å². The first-order valence-electron chi connectivity index (χ1n) is 5.20. The maximum absolute atomic E-state index is 11.8. The number of nitrogen functional groups attached to an aromatic ring is 1. The molecule has 0 amide bonds. The van der Waals surface area contributed by atoms with Crippen molar-refractivity contribution in [3.63, 3.8) is 0 Å². The molecule has 0 aliphatic heterocycles. The van der Waals surface area contributed by atoms with Crippen LogP contribution in [0.2, 0.25) is 0 Å². The summed E-state index contributed by atoms with van der Waals surface area (Å²) in [7, 11) is 1.69. The number of hydrogen-bond acceptors (Lipinski definition) is 4. The third kappa shape index (κ3) is 2.41. The van der Waals surface area contributed by atoms with Crippen LogP contribution in [0.5, 0.6) is 0 Å². The molecule has 0 radical (unpaired) electrons. The number of aromatic amines is 1. The number of rotatable bonds is 2. The van der Waals surface area contributed by atoms with Gasteiger partial charge in [0.15, 0.2) is 5.65 Å². The Hall–Kier alpha value is -1.56. The Morgan fingerprint density at radius 2 is 2.12 bits per heavy atom. The largest absolute Gasteiger partial charge is 0.383 e. The zero-order valence-corrected chi connectivity index (χ0v) is 10.8. The molecule has 0 aromatic carbocycles. The van der Waals surface area contributed by atoms with Crippen LogP contribution in [-0.2, 0) is 13.5 Å². The first-order valence-corrected chi connectivity index (χ1v) is 5.20. The number of fused-ring (bicyclic) bond motifs is 1. The average Bonchev–Trinajstić information content (AvgIpc) is 2.41. The van der Waals surface area contributed by atoms with E-state index in [0.29, 0.717) is 28.6 Å². The lowest BCUT2D eigenvalue weighted by Gasteiger charge is -2.02. The van der Waals surface area contributed by atoms with Gasteiger partial charge < -0.3 is 10.7 Å². The number of nitrogens with two attached hydrogens (primary N) is 1. The van der Waals surface area contributed by atoms with Crippen LogP contribution < -0.4 is 11.3 Å². The van der Waals surface area contributed by atoms with Crippen molar-refractivity contribution in [2.45, 2.75) is 20.3 Å². The van der Waals surface area contributed by atoms with Crippen LogP contribution in [0.15, 0.2) is 4.79 Å². The highest BCUT2D eigenvalue weighted by molar-refractivity contribution is 5.85. The zero-order chi connectivity index (χ0) is 11.9. The molecule has 2 rings (SSSR count). The molecule has 6 nitrogen and oxygen atoms in total. The van der Waals surface area contributed by atoms with Gasteiger partial charge in [-0.3, -0.25) is 9.48 Å². The maximum Gasteiger partial charge on any atom is 0.264 e. The third-order valence-corrected chi connectivity index (χ3v) is 2.40. The number of halogens is 1. The second-order valence-electron chi connectivity index (χ2n) is 4.32. The highest BCUT2D eigenvalue weighted by Gasteiger charge is 2.12. The van der Waals surface area contributed by atoms with Crippen molar-refractivity contribution in [2.75, 3.05) is 5.73 Å². The molecule has 0 unspecified atom stereocenters. The summed E-state index contributed by atoms with van der Waals surface area (Å²) >= 11 is 0. The number of nitrogens with zero attached hydrogens (tertiary/aromatic N) is 3. The van der Waals surface area contributed by atoms with Crippen molar-refractivity contribution in [3.8, 4) is 0 Å². The minimum Gasteiger partial charge on any atom is -0.383 e. The van der Waals surface area contributed by atoms with Crippen molar-refractivity contribution in [2.24, 2.45) is 13.0 Å². The van der Waals surface area contributed by atoms with Crippen LogP contribution in [0, 0.1) is 5.92 Å². The summed E-state index contributed by atoms with van der Waals surface area (Å²) in [6.45, 7) is 4.13. The smallest absolute Gasteiger partial charge is 0.264 e. The van der Waals surface area contributed by atoms with Gasteiger partial charge in [0.1, 0.15) is 17.0 Å². The molecule has 3 N–H and O–H groups in total. The average molecular weight is 258 g/mol. The SMILES string of the molecule is CC(C)Cc1nc2nn(C)c(N)c2c(=O)[nH]1.Cl. The van der Waals surface area contributed by atoms with Gasteiger partial charge >= 0.3 is 0 Å². The van der Waals surface area contributed by atoms with Gasteiger partial charge in [-0.15, -0.1) is 12.4 Å². The molecule has 7 heteroatoms. The predicted octanol–water partition coefficient (Wildman–Crippen LogP) is 0.859. The van der Waals surface area contributed by atoms with Crippen LogP contribution in [-0.4, -0.2) is 19.7 Å². The molecule has 2 heterocycles. The Balaban J connectivity index is 0.00000144. The van der Waals surface area contributed by atoms with Crippen LogP contribution >= 0.6 is 12.4 Å². The molecule has 0 aliphatic carbocycles. The Bertz CT molecular complexity index is 586. The zero-order valence-electron chi connectivity index (χ0n) is 10.0. The van der Waals surface area contributed by atoms with Crippen molar-refractivity contribution in [1.82, 2.24) is 19.7 Å². The molecule has 17 heavy (non-hydrogen) atoms. The second kappa shape index (κ2) is 4.75. The van der Waals surface area contributed by atoms with Crippen LogP contribution in [0.4, 0.5) is 5.82 Å². The lowest BCUT2D eigenvalue weighted by Crippen LogP contribution is -2.13. The Morgan fingerprint density at radius 1 is 1.47 bits per heavy atom. The fourth-order valence-corrected chi connectivity index (χ4v) is 1.65. The molecular formula is C10H16ClN5O. The van der Waals surface area contributed by atoms with Gasteiger partial charge in [-0.05, 0) is 5.92 Å². The monoisotopic (exact) mass is 257 g/mol. The molecular weight excluding hydrogens is 242 g/mol. The van der Waals surface area contributed by atoms with Crippen molar-refractivity contribution >= 4 is 29.3 Å². The van der Waals surface area contributed by atoms with E-state index in [0.717, 1.165) is 6.42 Å². The van der Waals surface area contributed by atoms with Crippen molar-refractivity contribution in [1.29, 1.82) is 0 Å². The highest BCUT2D eigenvalue weighted by Crippen LogP contribution is 2.13. The molecule has 0 atom stereocenters. The summed E-state index contributed by atoms with van der Waals surface area (Å²) in [4.78, 5) is 18.8. The Labute approximate surface area is 105 Å². The minimum atomic E-state index is -0.216. The Morgan fingerprint density at radius 3 is 2.71 bits per heavy atom. The summed E-state index contributed by atoms with van der Waals surface area (Å²) in [6.07, 6.45) is 0.724. The molecule has 94 valence electrons. The molecule has 0 bridgehead atoms. The van der Waals surface area contributed by atoms with Crippen molar-refractivity contribution in [3.05, 3.63) is 16.2 Å². The maximum atomic E-state index is 11.8. The van der Waals surface area contributed by atoms with Crippen molar-refractivity contribution < 1.29 is 0 Å². The highest BCUT2D eigenvalue weighted by atomic mass is 35.5. The van der Waals surface area contributed by atoms with E-state index in [1.807, 2.05) is 0 Å². The summed E-state index contributed by atoms with van der Waals surface area (Å²) in [5.74, 6) is 1.44. The first kappa shape index (κ1) is 13.5. The molecule has 2 aromatic heterocycles. The molecule has 0 fully saturated rings. The van der Waals surface area contributed by atoms with E-state index in [2.05, 4.69) is 28.9 Å². The Kier molecular flexibility index (Phi) is 3.77. The van der Waals surface area contributed by atoms with Gasteiger partial charge in [-0.1, -0.05) is 13.8 Å². The van der Waals surface area contributed by atoms with E-state index in [9.17, 15) is 4.79 Å². The topological polar surface area (TPSA) is 89.6 Å². The van der Waals surface area contributed by atoms with Gasteiger partial charge in [0, 0.05) is 13.5 Å². The summed E-state index contributed by atoms with van der Waals surface area (Å²) in [5, 5.41) is 4.47. The van der Waals surface area contributed by atoms with E-state index in [1.165, 1.54) is 4.68 Å². The van der Waals surface area contributed by atoms with Gasteiger partial charge in [-0.25, -0.2) is 4.98 Å². The second-order valence-corrected chi connectivity index (χ2v) is 4.32. The molecule has 2 aromatic rings. The number of aryl methyl sites for hydroxylation is 1. The third-order valence-electron chi connectivity index (χ3n) is 2.40. The molecule has 0 spiro atoms. The van der Waals surface area contributed by atoms with E-state index in [4.69, 9.17) is 5.73 Å². The van der Waals surface area contributed by atoms with Crippen LogP contribution in [0.1, 0.15) is 19.7 Å². The fraction of sp³-hybridized carbons (Fsp3) is 0.500. The summed E-state index contributed by atoms with van der Waals surface area (Å²) in [6, 6.07) is 0. The quantitative estimate of drug-likeness (QED) is 0.835. The van der Waals surface area contributed by atoms with Gasteiger partial charge in [0.05, 0.1) is 0 Å². The van der Waals surface area contributed by atoms with Crippen LogP contribution in [0.3, 0.4) is 0 Å². The standard InChI is InChI=1S/C10H15N5O.ClH/c1-5(2)4-6-12-9-7(10(16)13-6)8(11)15(3)14-9;/h5H,4,11H2,1-3H3,(H,12,13,14,16);1H. The minimum absolute atomic E-state index is 0.